The summed E-state index contributed by atoms with van der Waals surface area (Å²) in [5, 5.41) is 9.99. The number of carbonyl (C=O) groups is 1. The molecule has 2 heterocycles. The summed E-state index contributed by atoms with van der Waals surface area (Å²) in [6.45, 7) is 5.13. The number of anilines is 1. The van der Waals surface area contributed by atoms with E-state index in [1.165, 1.54) is 11.3 Å². The van der Waals surface area contributed by atoms with Crippen LogP contribution in [0.15, 0.2) is 30.3 Å². The number of carbonyl (C=O) groups excluding carboxylic acids is 1. The van der Waals surface area contributed by atoms with Gasteiger partial charge in [-0.15, -0.1) is 10.2 Å². The van der Waals surface area contributed by atoms with Gasteiger partial charge in [-0.3, -0.25) is 0 Å². The number of hydrogen-bond acceptors (Lipinski definition) is 8. The fourth-order valence-corrected chi connectivity index (χ4v) is 3.77. The van der Waals surface area contributed by atoms with Crippen LogP contribution >= 0.6 is 11.3 Å². The molecule has 140 valence electrons. The number of aromatic nitrogens is 2. The second kappa shape index (κ2) is 7.69. The first-order valence-corrected chi connectivity index (χ1v) is 9.38. The van der Waals surface area contributed by atoms with Crippen LogP contribution < -0.4 is 10.6 Å². The Balaban J connectivity index is 1.71. The Morgan fingerprint density at radius 2 is 2.04 bits per heavy atom. The zero-order chi connectivity index (χ0) is 18.7. The summed E-state index contributed by atoms with van der Waals surface area (Å²) in [6, 6.07) is 8.96. The first-order valence-electron chi connectivity index (χ1n) is 8.56. The molecule has 8 heteroatoms. The minimum absolute atomic E-state index is 0.0278. The first kappa shape index (κ1) is 18.8. The van der Waals surface area contributed by atoms with E-state index in [0.29, 0.717) is 17.1 Å². The van der Waals surface area contributed by atoms with Gasteiger partial charge in [-0.05, 0) is 32.4 Å². The summed E-state index contributed by atoms with van der Waals surface area (Å²) < 4.78 is 11.1. The smallest absolute Gasteiger partial charge is 0.339 e. The third-order valence-corrected chi connectivity index (χ3v) is 5.76. The largest absolute Gasteiger partial charge is 0.449 e. The second-order valence-corrected chi connectivity index (χ2v) is 7.78. The van der Waals surface area contributed by atoms with Crippen LogP contribution in [-0.2, 0) is 15.1 Å². The van der Waals surface area contributed by atoms with Crippen LogP contribution in [0.5, 0.6) is 0 Å². The van der Waals surface area contributed by atoms with Crippen LogP contribution in [0.1, 0.15) is 35.6 Å². The van der Waals surface area contributed by atoms with Gasteiger partial charge in [0.25, 0.3) is 0 Å². The molecule has 0 unspecified atom stereocenters. The van der Waals surface area contributed by atoms with Crippen molar-refractivity contribution in [3.8, 4) is 0 Å². The molecule has 0 bridgehead atoms. The number of methoxy groups -OCH3 is 1. The van der Waals surface area contributed by atoms with E-state index in [-0.39, 0.29) is 18.1 Å². The molecule has 2 aromatic rings. The van der Waals surface area contributed by atoms with Gasteiger partial charge < -0.3 is 20.1 Å². The Kier molecular flexibility index (Phi) is 5.55. The molecule has 1 aromatic carbocycles. The summed E-state index contributed by atoms with van der Waals surface area (Å²) in [6.07, 6.45) is 0.805. The molecule has 0 aliphatic carbocycles. The van der Waals surface area contributed by atoms with Crippen molar-refractivity contribution in [2.75, 3.05) is 25.1 Å². The zero-order valence-electron chi connectivity index (χ0n) is 15.2. The van der Waals surface area contributed by atoms with Crippen molar-refractivity contribution in [1.82, 2.24) is 10.2 Å². The van der Waals surface area contributed by atoms with E-state index >= 15 is 0 Å². The van der Waals surface area contributed by atoms with E-state index in [1.807, 2.05) is 19.9 Å². The lowest BCUT2D eigenvalue weighted by Crippen LogP contribution is -2.51. The molecule has 7 nitrogen and oxygen atoms in total. The van der Waals surface area contributed by atoms with Crippen LogP contribution in [0.25, 0.3) is 0 Å². The zero-order valence-corrected chi connectivity index (χ0v) is 16.0. The van der Waals surface area contributed by atoms with E-state index in [2.05, 4.69) is 15.1 Å². The van der Waals surface area contributed by atoms with Crippen molar-refractivity contribution >= 4 is 22.4 Å². The minimum Gasteiger partial charge on any atom is -0.449 e. The number of piperidine rings is 1. The highest BCUT2D eigenvalue weighted by molar-refractivity contribution is 7.15. The van der Waals surface area contributed by atoms with Gasteiger partial charge in [0.05, 0.1) is 11.7 Å². The van der Waals surface area contributed by atoms with Gasteiger partial charge in [0.1, 0.15) is 0 Å². The monoisotopic (exact) mass is 376 g/mol. The maximum atomic E-state index is 12.4. The molecule has 0 radical (unpaired) electrons. The Morgan fingerprint density at radius 3 is 2.73 bits per heavy atom. The molecule has 1 aliphatic rings. The second-order valence-electron chi connectivity index (χ2n) is 6.83. The Bertz CT molecular complexity index is 750. The van der Waals surface area contributed by atoms with Crippen molar-refractivity contribution in [3.63, 3.8) is 0 Å². The van der Waals surface area contributed by atoms with Crippen molar-refractivity contribution < 1.29 is 14.3 Å². The third kappa shape index (κ3) is 4.03. The predicted molar refractivity (Wildman–Crippen MR) is 100 cm³/mol. The summed E-state index contributed by atoms with van der Waals surface area (Å²) >= 11 is 1.43. The predicted octanol–water partition coefficient (Wildman–Crippen LogP) is 2.18. The minimum atomic E-state index is -0.865. The highest BCUT2D eigenvalue weighted by atomic mass is 32.1. The SMILES string of the molecule is CO[C@H]1CN(c2nnc(C(C)(C)OC(=O)c3ccccc3)s2)CC[C@H]1N. The average molecular weight is 376 g/mol. The number of ether oxygens (including phenoxy) is 2. The molecule has 3 rings (SSSR count). The van der Waals surface area contributed by atoms with Crippen LogP contribution in [0.2, 0.25) is 0 Å². The molecule has 1 aromatic heterocycles. The summed E-state index contributed by atoms with van der Waals surface area (Å²) in [4.78, 5) is 14.5. The molecule has 1 aliphatic heterocycles. The topological polar surface area (TPSA) is 90.6 Å². The summed E-state index contributed by atoms with van der Waals surface area (Å²) in [5.41, 5.74) is 5.72. The van der Waals surface area contributed by atoms with Crippen LogP contribution in [0.3, 0.4) is 0 Å². The quantitative estimate of drug-likeness (QED) is 0.800. The lowest BCUT2D eigenvalue weighted by atomic mass is 10.0. The Labute approximate surface area is 157 Å². The van der Waals surface area contributed by atoms with Crippen LogP contribution in [0.4, 0.5) is 5.13 Å². The molecule has 0 spiro atoms. The molecule has 1 fully saturated rings. The first-order chi connectivity index (χ1) is 12.4. The highest BCUT2D eigenvalue weighted by Crippen LogP contribution is 2.33. The lowest BCUT2D eigenvalue weighted by Gasteiger charge is -2.35. The van der Waals surface area contributed by atoms with Crippen molar-refractivity contribution in [2.24, 2.45) is 5.73 Å². The van der Waals surface area contributed by atoms with E-state index in [1.54, 1.807) is 31.4 Å². The van der Waals surface area contributed by atoms with E-state index in [0.717, 1.165) is 18.1 Å². The van der Waals surface area contributed by atoms with Gasteiger partial charge in [0.2, 0.25) is 5.13 Å². The number of esters is 1. The lowest BCUT2D eigenvalue weighted by molar-refractivity contribution is -0.00346. The highest BCUT2D eigenvalue weighted by Gasteiger charge is 2.33. The van der Waals surface area contributed by atoms with Crippen molar-refractivity contribution in [2.45, 2.75) is 38.0 Å². The summed E-state index contributed by atoms with van der Waals surface area (Å²) in [7, 11) is 1.67. The third-order valence-electron chi connectivity index (χ3n) is 4.47. The van der Waals surface area contributed by atoms with Gasteiger partial charge in [-0.1, -0.05) is 29.5 Å². The fraction of sp³-hybridized carbons (Fsp3) is 0.500. The number of rotatable bonds is 5. The molecule has 26 heavy (non-hydrogen) atoms. The number of benzene rings is 1. The number of hydrogen-bond donors (Lipinski definition) is 1. The molecule has 0 amide bonds. The van der Waals surface area contributed by atoms with Gasteiger partial charge >= 0.3 is 5.97 Å². The molecule has 0 saturated carbocycles. The van der Waals surface area contributed by atoms with Crippen LogP contribution in [-0.4, -0.2) is 48.5 Å². The normalized spacial score (nSPS) is 20.8. The maximum Gasteiger partial charge on any atom is 0.339 e. The van der Waals surface area contributed by atoms with Gasteiger partial charge in [0, 0.05) is 26.2 Å². The van der Waals surface area contributed by atoms with E-state index in [4.69, 9.17) is 15.2 Å². The van der Waals surface area contributed by atoms with E-state index in [9.17, 15) is 4.79 Å². The molecule has 2 atom stereocenters. The fourth-order valence-electron chi connectivity index (χ4n) is 2.85. The Morgan fingerprint density at radius 1 is 1.31 bits per heavy atom. The van der Waals surface area contributed by atoms with E-state index < -0.39 is 5.60 Å². The Hall–Kier alpha value is -2.03. The molecule has 2 N–H and O–H groups in total. The number of nitrogens with two attached hydrogens (primary N) is 1. The van der Waals surface area contributed by atoms with Crippen molar-refractivity contribution in [1.29, 1.82) is 0 Å². The van der Waals surface area contributed by atoms with Crippen LogP contribution in [0, 0.1) is 0 Å². The molecular formula is C18H24N4O3S. The van der Waals surface area contributed by atoms with Gasteiger partial charge in [-0.25, -0.2) is 4.79 Å². The summed E-state index contributed by atoms with van der Waals surface area (Å²) in [5.74, 6) is -0.379. The molecule has 1 saturated heterocycles. The maximum absolute atomic E-state index is 12.4. The number of nitrogens with zero attached hydrogens (tertiary/aromatic N) is 3. The standard InChI is InChI=1S/C18H24N4O3S/c1-18(2,25-15(23)12-7-5-4-6-8-12)16-20-21-17(26-16)22-10-9-13(19)14(11-22)24-3/h4-8,13-14H,9-11,19H2,1-3H3/t13-,14+/m1/s1. The average Bonchev–Trinajstić information content (AvgIpc) is 3.13. The van der Waals surface area contributed by atoms with Crippen molar-refractivity contribution in [3.05, 3.63) is 40.9 Å². The van der Waals surface area contributed by atoms with Gasteiger partial charge in [-0.2, -0.15) is 0 Å². The molecular weight excluding hydrogens is 352 g/mol. The van der Waals surface area contributed by atoms with Gasteiger partial charge in [0.15, 0.2) is 10.6 Å².